The summed E-state index contributed by atoms with van der Waals surface area (Å²) in [6.45, 7) is 5.96. The summed E-state index contributed by atoms with van der Waals surface area (Å²) < 4.78 is 11.3. The first-order valence-electron chi connectivity index (χ1n) is 7.11. The number of benzene rings is 1. The molecule has 0 bridgehead atoms. The van der Waals surface area contributed by atoms with E-state index in [-0.39, 0.29) is 11.5 Å². The minimum absolute atomic E-state index is 0.0445. The Morgan fingerprint density at radius 1 is 1.36 bits per heavy atom. The van der Waals surface area contributed by atoms with Gasteiger partial charge in [0, 0.05) is 6.08 Å². The highest BCUT2D eigenvalue weighted by atomic mass is 16.5. The molecule has 2 aliphatic heterocycles. The van der Waals surface area contributed by atoms with Crippen molar-refractivity contribution in [1.29, 1.82) is 0 Å². The highest BCUT2D eigenvalue weighted by Gasteiger charge is 2.48. The Kier molecular flexibility index (Phi) is 3.05. The number of nitrogens with two attached hydrogens (primary N) is 2. The topological polar surface area (TPSA) is 99.6 Å². The molecule has 2 aliphatic rings. The number of hydrogen-bond donors (Lipinski definition) is 3. The molecule has 3 rings (SSSR count). The standard InChI is InChI=1S/C16H19N3O3/c1-8(2)10-4-5-12-11(6-10)19-16(22-12)7-9(3)21-15(18)13(16)14(17)20/h4-8,19H,18H2,1-3H3,(H2,17,20)/t16-/m0/s1. The van der Waals surface area contributed by atoms with Crippen molar-refractivity contribution in [2.24, 2.45) is 11.5 Å². The number of ether oxygens (including phenoxy) is 2. The van der Waals surface area contributed by atoms with Crippen LogP contribution < -0.4 is 21.5 Å². The van der Waals surface area contributed by atoms with Gasteiger partial charge in [-0.2, -0.15) is 0 Å². The van der Waals surface area contributed by atoms with Gasteiger partial charge in [0.25, 0.3) is 5.91 Å². The van der Waals surface area contributed by atoms with Crippen LogP contribution in [0.2, 0.25) is 0 Å². The first-order valence-corrected chi connectivity index (χ1v) is 7.11. The molecular weight excluding hydrogens is 282 g/mol. The number of allylic oxidation sites excluding steroid dienone is 1. The van der Waals surface area contributed by atoms with E-state index in [0.717, 1.165) is 11.3 Å². The molecule has 0 unspecified atom stereocenters. The van der Waals surface area contributed by atoms with E-state index in [1.165, 1.54) is 0 Å². The lowest BCUT2D eigenvalue weighted by Gasteiger charge is -2.31. The molecular formula is C16H19N3O3. The van der Waals surface area contributed by atoms with Gasteiger partial charge in [-0.1, -0.05) is 19.9 Å². The zero-order valence-electron chi connectivity index (χ0n) is 12.8. The molecule has 0 radical (unpaired) electrons. The fraction of sp³-hybridized carbons (Fsp3) is 0.312. The number of rotatable bonds is 2. The van der Waals surface area contributed by atoms with Crippen LogP contribution in [0.4, 0.5) is 5.69 Å². The molecule has 5 N–H and O–H groups in total. The highest BCUT2D eigenvalue weighted by Crippen LogP contribution is 2.44. The van der Waals surface area contributed by atoms with E-state index >= 15 is 0 Å². The third-order valence-corrected chi connectivity index (χ3v) is 3.80. The van der Waals surface area contributed by atoms with Gasteiger partial charge in [-0.15, -0.1) is 0 Å². The van der Waals surface area contributed by atoms with Crippen molar-refractivity contribution in [3.8, 4) is 5.75 Å². The van der Waals surface area contributed by atoms with Gasteiger partial charge in [-0.3, -0.25) is 4.79 Å². The van der Waals surface area contributed by atoms with Crippen molar-refractivity contribution in [2.45, 2.75) is 32.4 Å². The Hall–Kier alpha value is -2.63. The van der Waals surface area contributed by atoms with E-state index in [0.29, 0.717) is 17.4 Å². The molecule has 6 heteroatoms. The minimum Gasteiger partial charge on any atom is -0.457 e. The van der Waals surface area contributed by atoms with Gasteiger partial charge in [0.2, 0.25) is 11.6 Å². The summed E-state index contributed by atoms with van der Waals surface area (Å²) in [7, 11) is 0. The second kappa shape index (κ2) is 4.69. The molecule has 116 valence electrons. The lowest BCUT2D eigenvalue weighted by atomic mass is 9.99. The van der Waals surface area contributed by atoms with Crippen LogP contribution in [-0.4, -0.2) is 11.6 Å². The van der Waals surface area contributed by atoms with Crippen LogP contribution in [0, 0.1) is 0 Å². The average molecular weight is 301 g/mol. The summed E-state index contributed by atoms with van der Waals surface area (Å²) >= 11 is 0. The van der Waals surface area contributed by atoms with Gasteiger partial charge in [0.1, 0.15) is 17.1 Å². The molecule has 2 heterocycles. The fourth-order valence-electron chi connectivity index (χ4n) is 2.77. The largest absolute Gasteiger partial charge is 0.457 e. The van der Waals surface area contributed by atoms with Gasteiger partial charge < -0.3 is 26.3 Å². The minimum atomic E-state index is -1.21. The normalized spacial score (nSPS) is 22.8. The number of carbonyl (C=O) groups is 1. The Morgan fingerprint density at radius 3 is 2.73 bits per heavy atom. The first-order chi connectivity index (χ1) is 10.3. The second-order valence-electron chi connectivity index (χ2n) is 5.83. The summed E-state index contributed by atoms with van der Waals surface area (Å²) in [4.78, 5) is 11.8. The fourth-order valence-corrected chi connectivity index (χ4v) is 2.77. The predicted octanol–water partition coefficient (Wildman–Crippen LogP) is 1.90. The summed E-state index contributed by atoms with van der Waals surface area (Å²) in [5.74, 6) is 0.822. The Labute approximate surface area is 128 Å². The van der Waals surface area contributed by atoms with E-state index in [4.69, 9.17) is 20.9 Å². The number of primary amides is 1. The number of carbonyl (C=O) groups excluding carboxylic acids is 1. The summed E-state index contributed by atoms with van der Waals surface area (Å²) in [6, 6.07) is 5.87. The van der Waals surface area contributed by atoms with E-state index in [2.05, 4.69) is 19.2 Å². The smallest absolute Gasteiger partial charge is 0.256 e. The predicted molar refractivity (Wildman–Crippen MR) is 82.8 cm³/mol. The average Bonchev–Trinajstić information content (AvgIpc) is 2.73. The summed E-state index contributed by atoms with van der Waals surface area (Å²) in [5.41, 5.74) is 12.1. The first kappa shape index (κ1) is 14.3. The van der Waals surface area contributed by atoms with Crippen LogP contribution in [0.1, 0.15) is 32.3 Å². The van der Waals surface area contributed by atoms with E-state index < -0.39 is 11.6 Å². The molecule has 0 aliphatic carbocycles. The molecule has 1 amide bonds. The number of amides is 1. The summed E-state index contributed by atoms with van der Waals surface area (Å²) in [6.07, 6.45) is 1.67. The van der Waals surface area contributed by atoms with Gasteiger partial charge >= 0.3 is 0 Å². The van der Waals surface area contributed by atoms with Crippen LogP contribution in [0.3, 0.4) is 0 Å². The van der Waals surface area contributed by atoms with Crippen molar-refractivity contribution >= 4 is 11.6 Å². The number of nitrogens with one attached hydrogen (secondary N) is 1. The van der Waals surface area contributed by atoms with E-state index in [1.54, 1.807) is 13.0 Å². The molecule has 1 aromatic rings. The zero-order chi connectivity index (χ0) is 16.1. The van der Waals surface area contributed by atoms with Crippen molar-refractivity contribution in [1.82, 2.24) is 0 Å². The van der Waals surface area contributed by atoms with Gasteiger partial charge in [0.05, 0.1) is 5.69 Å². The zero-order valence-corrected chi connectivity index (χ0v) is 12.8. The van der Waals surface area contributed by atoms with Crippen LogP contribution >= 0.6 is 0 Å². The maximum absolute atomic E-state index is 11.8. The molecule has 6 nitrogen and oxygen atoms in total. The lowest BCUT2D eigenvalue weighted by molar-refractivity contribution is -0.116. The van der Waals surface area contributed by atoms with Crippen molar-refractivity contribution < 1.29 is 14.3 Å². The Morgan fingerprint density at radius 2 is 2.09 bits per heavy atom. The van der Waals surface area contributed by atoms with Crippen LogP contribution in [0.25, 0.3) is 0 Å². The van der Waals surface area contributed by atoms with Crippen molar-refractivity contribution in [3.05, 3.63) is 47.1 Å². The molecule has 1 atom stereocenters. The van der Waals surface area contributed by atoms with Crippen molar-refractivity contribution in [2.75, 3.05) is 5.32 Å². The molecule has 0 saturated carbocycles. The molecule has 0 saturated heterocycles. The lowest BCUT2D eigenvalue weighted by Crippen LogP contribution is -2.48. The molecule has 1 spiro atoms. The number of anilines is 1. The molecule has 0 fully saturated rings. The van der Waals surface area contributed by atoms with Gasteiger partial charge in [0.15, 0.2) is 0 Å². The second-order valence-corrected chi connectivity index (χ2v) is 5.83. The summed E-state index contributed by atoms with van der Waals surface area (Å²) in [5, 5.41) is 3.22. The van der Waals surface area contributed by atoms with Crippen LogP contribution in [0.15, 0.2) is 41.5 Å². The van der Waals surface area contributed by atoms with E-state index in [9.17, 15) is 4.79 Å². The van der Waals surface area contributed by atoms with Gasteiger partial charge in [-0.25, -0.2) is 0 Å². The Balaban J connectivity index is 2.08. The molecule has 22 heavy (non-hydrogen) atoms. The van der Waals surface area contributed by atoms with Gasteiger partial charge in [-0.05, 0) is 30.5 Å². The quantitative estimate of drug-likeness (QED) is 0.774. The van der Waals surface area contributed by atoms with Crippen molar-refractivity contribution in [3.63, 3.8) is 0 Å². The maximum atomic E-state index is 11.8. The number of hydrogen-bond acceptors (Lipinski definition) is 5. The monoisotopic (exact) mass is 301 g/mol. The third-order valence-electron chi connectivity index (χ3n) is 3.80. The SMILES string of the molecule is CC1=C[C@@]2(Nc3cc(C(C)C)ccc3O2)C(C(N)=O)=C(N)O1. The van der Waals surface area contributed by atoms with Crippen LogP contribution in [0.5, 0.6) is 5.75 Å². The van der Waals surface area contributed by atoms with E-state index in [1.807, 2.05) is 18.2 Å². The molecule has 0 aromatic heterocycles. The maximum Gasteiger partial charge on any atom is 0.256 e. The van der Waals surface area contributed by atoms with Crippen LogP contribution in [-0.2, 0) is 9.53 Å². The Bertz CT molecular complexity index is 721. The highest BCUT2D eigenvalue weighted by molar-refractivity contribution is 5.97. The third kappa shape index (κ3) is 2.07. The molecule has 1 aromatic carbocycles. The number of fused-ring (bicyclic) bond motifs is 1.